The number of methoxy groups -OCH3 is 1. The van der Waals surface area contributed by atoms with Gasteiger partial charge in [0.2, 0.25) is 5.91 Å². The number of ketones is 1. The largest absolute Gasteiger partial charge is 0.497 e. The van der Waals surface area contributed by atoms with Crippen molar-refractivity contribution in [2.45, 2.75) is 24.7 Å². The molecule has 0 aliphatic rings. The first-order valence-electron chi connectivity index (χ1n) is 10.2. The highest BCUT2D eigenvalue weighted by Crippen LogP contribution is 2.26. The lowest BCUT2D eigenvalue weighted by Gasteiger charge is -2.14. The van der Waals surface area contributed by atoms with Crippen molar-refractivity contribution in [2.24, 2.45) is 0 Å². The fourth-order valence-corrected chi connectivity index (χ4v) is 4.10. The van der Waals surface area contributed by atoms with Gasteiger partial charge in [-0.3, -0.25) is 4.79 Å². The minimum atomic E-state index is -2.73. The molecule has 0 aliphatic carbocycles. The standard InChI is InChI=1S/C25H26N2O5S/c1-18(28)4-17-25(29)26-19-5-9-22(10-6-19)32-23-11-7-20(8-12-23)27-33(3,30)24-15-13-21(31-2)14-16-24/h5-16H,3-4,17H2,1-2H3,(H,26,29)(H,27,30). The maximum absolute atomic E-state index is 13.0. The van der Waals surface area contributed by atoms with E-state index in [1.807, 2.05) is 0 Å². The van der Waals surface area contributed by atoms with Gasteiger partial charge in [0.1, 0.15) is 23.0 Å². The summed E-state index contributed by atoms with van der Waals surface area (Å²) in [6, 6.07) is 20.9. The number of Topliss-reactive ketones (excluding diaryl/α,β-unsaturated/α-hetero) is 1. The third kappa shape index (κ3) is 7.11. The predicted molar refractivity (Wildman–Crippen MR) is 132 cm³/mol. The molecule has 2 N–H and O–H groups in total. The highest BCUT2D eigenvalue weighted by atomic mass is 32.2. The number of rotatable bonds is 10. The van der Waals surface area contributed by atoms with Gasteiger partial charge in [-0.05, 0) is 85.6 Å². The summed E-state index contributed by atoms with van der Waals surface area (Å²) in [5.41, 5.74) is 1.26. The number of nitrogens with one attached hydrogen (secondary N) is 2. The molecule has 7 nitrogen and oxygen atoms in total. The Morgan fingerprint density at radius 2 is 1.33 bits per heavy atom. The summed E-state index contributed by atoms with van der Waals surface area (Å²) in [7, 11) is -1.16. The molecule has 0 aromatic heterocycles. The number of amides is 1. The molecule has 0 aliphatic heterocycles. The second-order valence-corrected chi connectivity index (χ2v) is 9.38. The smallest absolute Gasteiger partial charge is 0.224 e. The van der Waals surface area contributed by atoms with Gasteiger partial charge >= 0.3 is 0 Å². The van der Waals surface area contributed by atoms with Gasteiger partial charge in [-0.1, -0.05) is 0 Å². The zero-order valence-electron chi connectivity index (χ0n) is 18.5. The van der Waals surface area contributed by atoms with Crippen LogP contribution in [0.1, 0.15) is 19.8 Å². The van der Waals surface area contributed by atoms with E-state index in [0.29, 0.717) is 33.5 Å². The van der Waals surface area contributed by atoms with E-state index in [1.165, 1.54) is 6.92 Å². The lowest BCUT2D eigenvalue weighted by Crippen LogP contribution is -2.12. The highest BCUT2D eigenvalue weighted by Gasteiger charge is 2.09. The first-order chi connectivity index (χ1) is 15.7. The average Bonchev–Trinajstić information content (AvgIpc) is 2.80. The van der Waals surface area contributed by atoms with Gasteiger partial charge in [-0.2, -0.15) is 0 Å². The van der Waals surface area contributed by atoms with Crippen molar-refractivity contribution in [2.75, 3.05) is 17.1 Å². The number of anilines is 2. The number of hydrogen-bond donors (Lipinski definition) is 2. The summed E-state index contributed by atoms with van der Waals surface area (Å²) < 4.78 is 26.9. The maximum atomic E-state index is 13.0. The first kappa shape index (κ1) is 23.9. The van der Waals surface area contributed by atoms with E-state index in [1.54, 1.807) is 79.9 Å². The van der Waals surface area contributed by atoms with Crippen LogP contribution in [0.2, 0.25) is 0 Å². The number of benzene rings is 3. The van der Waals surface area contributed by atoms with Gasteiger partial charge in [0.15, 0.2) is 0 Å². The van der Waals surface area contributed by atoms with E-state index in [-0.39, 0.29) is 24.5 Å². The zero-order valence-corrected chi connectivity index (χ0v) is 19.3. The molecule has 1 unspecified atom stereocenters. The number of carbonyl (C=O) groups is 2. The van der Waals surface area contributed by atoms with Crippen LogP contribution < -0.4 is 19.5 Å². The molecule has 0 saturated carbocycles. The Hall–Kier alpha value is -3.78. The van der Waals surface area contributed by atoms with E-state index in [2.05, 4.69) is 15.9 Å². The molecule has 3 rings (SSSR count). The molecule has 3 aromatic rings. The van der Waals surface area contributed by atoms with Crippen LogP contribution in [0.15, 0.2) is 77.7 Å². The van der Waals surface area contributed by atoms with Crippen molar-refractivity contribution in [3.8, 4) is 17.2 Å². The van der Waals surface area contributed by atoms with Gasteiger partial charge in [0.05, 0.1) is 16.8 Å². The lowest BCUT2D eigenvalue weighted by molar-refractivity contribution is -0.121. The van der Waals surface area contributed by atoms with Crippen LogP contribution in [0.5, 0.6) is 17.2 Å². The van der Waals surface area contributed by atoms with Crippen LogP contribution in [0.25, 0.3) is 0 Å². The van der Waals surface area contributed by atoms with Crippen LogP contribution in [0.3, 0.4) is 0 Å². The normalized spacial score (nSPS) is 12.3. The van der Waals surface area contributed by atoms with Gasteiger partial charge in [0.25, 0.3) is 0 Å². The average molecular weight is 467 g/mol. The third-order valence-corrected chi connectivity index (χ3v) is 6.25. The first-order valence-corrected chi connectivity index (χ1v) is 11.9. The Bertz CT molecular complexity index is 1200. The minimum Gasteiger partial charge on any atom is -0.497 e. The number of ether oxygens (including phenoxy) is 2. The topological polar surface area (TPSA) is 93.7 Å². The van der Waals surface area contributed by atoms with E-state index in [9.17, 15) is 13.8 Å². The molecule has 1 amide bonds. The fraction of sp³-hybridized carbons (Fsp3) is 0.160. The Morgan fingerprint density at radius 3 is 1.85 bits per heavy atom. The van der Waals surface area contributed by atoms with Crippen LogP contribution in [-0.2, 0) is 19.3 Å². The Kier molecular flexibility index (Phi) is 7.74. The summed E-state index contributed by atoms with van der Waals surface area (Å²) in [5, 5.41) is 2.74. The molecular weight excluding hydrogens is 440 g/mol. The van der Waals surface area contributed by atoms with Crippen molar-refractivity contribution in [3.05, 3.63) is 72.8 Å². The van der Waals surface area contributed by atoms with E-state index >= 15 is 0 Å². The maximum Gasteiger partial charge on any atom is 0.224 e. The van der Waals surface area contributed by atoms with Crippen molar-refractivity contribution in [1.82, 2.24) is 0 Å². The molecule has 0 radical (unpaired) electrons. The van der Waals surface area contributed by atoms with Gasteiger partial charge in [-0.15, -0.1) is 0 Å². The van der Waals surface area contributed by atoms with Crippen LogP contribution >= 0.6 is 0 Å². The van der Waals surface area contributed by atoms with Crippen molar-refractivity contribution in [3.63, 3.8) is 0 Å². The Morgan fingerprint density at radius 1 is 0.818 bits per heavy atom. The number of hydrogen-bond acceptors (Lipinski definition) is 5. The van der Waals surface area contributed by atoms with Gasteiger partial charge in [-0.25, -0.2) is 4.21 Å². The van der Waals surface area contributed by atoms with Crippen LogP contribution in [0, 0.1) is 0 Å². The van der Waals surface area contributed by atoms with Crippen LogP contribution in [0.4, 0.5) is 11.4 Å². The molecule has 0 bridgehead atoms. The molecule has 0 spiro atoms. The predicted octanol–water partition coefficient (Wildman–Crippen LogP) is 4.90. The second kappa shape index (κ2) is 10.7. The summed E-state index contributed by atoms with van der Waals surface area (Å²) >= 11 is 0. The quantitative estimate of drug-likeness (QED) is 0.415. The second-order valence-electron chi connectivity index (χ2n) is 7.35. The molecule has 8 heteroatoms. The third-order valence-electron chi connectivity index (χ3n) is 4.66. The zero-order chi connectivity index (χ0) is 23.8. The summed E-state index contributed by atoms with van der Waals surface area (Å²) in [4.78, 5) is 23.4. The van der Waals surface area contributed by atoms with Gasteiger partial charge in [0, 0.05) is 29.1 Å². The summed E-state index contributed by atoms with van der Waals surface area (Å²) in [6.45, 7) is 1.46. The van der Waals surface area contributed by atoms with Crippen LogP contribution in [-0.4, -0.2) is 28.9 Å². The molecule has 0 fully saturated rings. The molecular formula is C25H26N2O5S. The van der Waals surface area contributed by atoms with E-state index < -0.39 is 9.71 Å². The SMILES string of the molecule is C=S(=O)(Nc1ccc(Oc2ccc(NC(=O)CCC(C)=O)cc2)cc1)c1ccc(OC)cc1. The molecule has 0 saturated heterocycles. The molecule has 1 atom stereocenters. The Balaban J connectivity index is 1.57. The summed E-state index contributed by atoms with van der Waals surface area (Å²) in [5.74, 6) is 5.47. The summed E-state index contributed by atoms with van der Waals surface area (Å²) in [6.07, 6.45) is 0.382. The van der Waals surface area contributed by atoms with E-state index in [4.69, 9.17) is 9.47 Å². The van der Waals surface area contributed by atoms with Crippen molar-refractivity contribution < 1.29 is 23.3 Å². The van der Waals surface area contributed by atoms with Gasteiger partial charge < -0.3 is 24.3 Å². The fourth-order valence-electron chi connectivity index (χ4n) is 2.89. The molecule has 3 aromatic carbocycles. The molecule has 33 heavy (non-hydrogen) atoms. The van der Waals surface area contributed by atoms with Crippen molar-refractivity contribution in [1.29, 1.82) is 0 Å². The highest BCUT2D eigenvalue weighted by molar-refractivity contribution is 8.01. The minimum absolute atomic E-state index is 0.0200. The number of carbonyl (C=O) groups excluding carboxylic acids is 2. The van der Waals surface area contributed by atoms with E-state index in [0.717, 1.165) is 0 Å². The molecule has 172 valence electrons. The molecule has 0 heterocycles. The monoisotopic (exact) mass is 466 g/mol. The lowest BCUT2D eigenvalue weighted by atomic mass is 10.2. The Labute approximate surface area is 193 Å². The van der Waals surface area contributed by atoms with Crippen molar-refractivity contribution >= 4 is 38.6 Å².